The van der Waals surface area contributed by atoms with E-state index in [4.69, 9.17) is 28.8 Å². The second kappa shape index (κ2) is 47.3. The average molecular weight is 1560 g/mol. The van der Waals surface area contributed by atoms with Gasteiger partial charge in [-0.2, -0.15) is 0 Å². The molecule has 10 unspecified atom stereocenters. The largest absolute Gasteiger partial charge is 0.394 e. The molecule has 11 amide bonds. The molecule has 1 aliphatic heterocycles. The summed E-state index contributed by atoms with van der Waals surface area (Å²) in [5.41, 5.74) is 19.9. The molecule has 6 rings (SSSR count). The molecule has 32 heteroatoms. The van der Waals surface area contributed by atoms with Crippen molar-refractivity contribution in [2.75, 3.05) is 39.3 Å². The molecule has 1 aliphatic rings. The zero-order valence-electron chi connectivity index (χ0n) is 64.4. The van der Waals surface area contributed by atoms with Gasteiger partial charge < -0.3 is 85.7 Å². The minimum Gasteiger partial charge on any atom is -0.394 e. The Morgan fingerprint density at radius 3 is 1.47 bits per heavy atom. The van der Waals surface area contributed by atoms with E-state index in [1.165, 1.54) is 43.5 Å². The van der Waals surface area contributed by atoms with Crippen LogP contribution in [-0.2, 0) is 78.4 Å². The Balaban J connectivity index is 1.27. The number of fused-ring (bicyclic) bond motifs is 1. The fraction of sp³-hybridized carbons (Fsp3) is 0.506. The van der Waals surface area contributed by atoms with Gasteiger partial charge in [-0.3, -0.25) is 72.7 Å². The van der Waals surface area contributed by atoms with Gasteiger partial charge in [0.25, 0.3) is 0 Å². The Morgan fingerprint density at radius 2 is 0.964 bits per heavy atom. The molecule has 3 aromatic carbocycles. The number of carbonyl (C=O) groups excluding carboxylic acids is 11. The Kier molecular flexibility index (Phi) is 38.0. The van der Waals surface area contributed by atoms with Crippen molar-refractivity contribution in [2.45, 2.75) is 211 Å². The zero-order chi connectivity index (χ0) is 80.8. The molecule has 10 atom stereocenters. The van der Waals surface area contributed by atoms with Gasteiger partial charge in [0.15, 0.2) is 11.9 Å². The number of halogens is 1. The molecule has 2 aromatic heterocycles. The van der Waals surface area contributed by atoms with Gasteiger partial charge in [0.05, 0.1) is 6.61 Å². The molecular weight excluding hydrogens is 1440 g/mol. The van der Waals surface area contributed by atoms with Crippen molar-refractivity contribution in [3.63, 3.8) is 0 Å². The average Bonchev–Trinajstić information content (AvgIpc) is 1.78. The van der Waals surface area contributed by atoms with Gasteiger partial charge in [0.2, 0.25) is 65.0 Å². The number of aromatic nitrogens is 2. The van der Waals surface area contributed by atoms with E-state index in [0.29, 0.717) is 67.0 Å². The third-order valence-electron chi connectivity index (χ3n) is 18.6. The number of amides is 11. The summed E-state index contributed by atoms with van der Waals surface area (Å²) in [6, 6.07) is 13.0. The molecule has 31 nitrogen and oxygen atoms in total. The fourth-order valence-electron chi connectivity index (χ4n) is 12.5. The first-order chi connectivity index (χ1) is 53.2. The van der Waals surface area contributed by atoms with Gasteiger partial charge in [-0.15, -0.1) is 0 Å². The second-order valence-corrected chi connectivity index (χ2v) is 28.7. The van der Waals surface area contributed by atoms with E-state index in [2.05, 4.69) is 78.4 Å². The number of hydrogen-bond acceptors (Lipinski definition) is 16. The van der Waals surface area contributed by atoms with Crippen LogP contribution in [0.25, 0.3) is 10.8 Å². The number of unbranched alkanes of at least 4 members (excludes halogenated alkanes) is 4. The maximum absolute atomic E-state index is 15.1. The Bertz CT molecular complexity index is 3930. The highest BCUT2D eigenvalue weighted by atomic mass is 35.5. The van der Waals surface area contributed by atoms with Gasteiger partial charge in [-0.1, -0.05) is 119 Å². The lowest BCUT2D eigenvalue weighted by molar-refractivity contribution is -0.142. The summed E-state index contributed by atoms with van der Waals surface area (Å²) < 4.78 is 0. The van der Waals surface area contributed by atoms with Crippen molar-refractivity contribution < 1.29 is 57.8 Å². The number of rotatable bonds is 46. The van der Waals surface area contributed by atoms with Crippen LogP contribution in [-0.4, -0.2) is 197 Å². The first-order valence-corrected chi connectivity index (χ1v) is 38.6. The summed E-state index contributed by atoms with van der Waals surface area (Å²) in [5, 5.41) is 44.0. The normalized spacial score (nSPS) is 15.4. The standard InChI is InChI=1S/C79H112ClN19O12/c1-7-9-35-86-78(82)88-37-15-13-24-59(69(103)95-64(44-54-20-17-33-84-46-54)73(107)94-61(40-49(3)4)70(104)93-60(25-14-16-38-89-79(83)87-36-10-8-2)77(111)99-39-19-26-67(99)76(110)90-50(5)68(81)102)92-75(109)66(48-100)98-74(108)65(45-55-21-18-34-85-47-55)97-72(106)63(42-52-28-31-58(80)32-29-52)96-71(105)62(91-51(6)101)43-53-27-30-56-22-11-12-23-57(56)41-53/h11-12,17-18,20-23,27-34,41,46-47,49-50,59-67,100H,7-10,13-16,19,24-26,35-40,42-45,48H2,1-6H3,(H2,81,102)(H,90,110)(H,91,101)(H,92,109)(H,93,104)(H,94,107)(H,95,103)(H,96,105)(H,97,106)(H,98,108)(H3,82,86,88)(H3,83,87,89). The number of aliphatic imine (C=N–C) groups is 2. The number of nitrogens with one attached hydrogen (secondary N) is 11. The van der Waals surface area contributed by atoms with Gasteiger partial charge in [-0.25, -0.2) is 0 Å². The molecule has 0 saturated carbocycles. The minimum atomic E-state index is -1.79. The maximum Gasteiger partial charge on any atom is 0.245 e. The summed E-state index contributed by atoms with van der Waals surface area (Å²) in [5.74, 6) is -8.26. The number of aliphatic hydroxyl groups is 1. The summed E-state index contributed by atoms with van der Waals surface area (Å²) in [7, 11) is 0. The number of primary amides is 1. The van der Waals surface area contributed by atoms with E-state index in [-0.39, 0.29) is 88.7 Å². The van der Waals surface area contributed by atoms with Crippen molar-refractivity contribution in [3.8, 4) is 0 Å². The zero-order valence-corrected chi connectivity index (χ0v) is 65.1. The van der Waals surface area contributed by atoms with Crippen molar-refractivity contribution in [1.29, 1.82) is 0 Å². The van der Waals surface area contributed by atoms with Crippen LogP contribution in [0, 0.1) is 5.92 Å². The number of likely N-dealkylation sites (tertiary alicyclic amines) is 1. The van der Waals surface area contributed by atoms with Crippen molar-refractivity contribution in [1.82, 2.24) is 73.4 Å². The van der Waals surface area contributed by atoms with Crippen molar-refractivity contribution in [2.24, 2.45) is 33.1 Å². The van der Waals surface area contributed by atoms with Gasteiger partial charge in [0.1, 0.15) is 60.4 Å². The minimum absolute atomic E-state index is 0.0416. The van der Waals surface area contributed by atoms with E-state index in [1.54, 1.807) is 48.5 Å². The van der Waals surface area contributed by atoms with Crippen LogP contribution >= 0.6 is 11.6 Å². The number of aliphatic hydroxyl groups excluding tert-OH is 1. The van der Waals surface area contributed by atoms with Crippen LogP contribution in [0.15, 0.2) is 126 Å². The van der Waals surface area contributed by atoms with Crippen molar-refractivity contribution in [3.05, 3.63) is 143 Å². The molecule has 3 heterocycles. The Hall–Kier alpha value is -10.8. The molecular formula is C79H112ClN19O12. The van der Waals surface area contributed by atoms with Gasteiger partial charge in [0, 0.05) is 95.1 Å². The van der Waals surface area contributed by atoms with Gasteiger partial charge in [-0.05, 0) is 141 Å². The quantitative estimate of drug-likeness (QED) is 0.0151. The predicted octanol–water partition coefficient (Wildman–Crippen LogP) is 2.22. The number of carbonyl (C=O) groups is 11. The molecule has 602 valence electrons. The number of benzene rings is 3. The van der Waals surface area contributed by atoms with E-state index < -0.39 is 132 Å². The predicted molar refractivity (Wildman–Crippen MR) is 424 cm³/mol. The summed E-state index contributed by atoms with van der Waals surface area (Å²) in [4.78, 5) is 176. The van der Waals surface area contributed by atoms with Crippen LogP contribution in [0.3, 0.4) is 0 Å². The highest BCUT2D eigenvalue weighted by molar-refractivity contribution is 6.30. The lowest BCUT2D eigenvalue weighted by Gasteiger charge is -2.31. The highest BCUT2D eigenvalue weighted by Crippen LogP contribution is 2.23. The number of hydrogen-bond donors (Lipinski definition) is 15. The first-order valence-electron chi connectivity index (χ1n) is 38.2. The van der Waals surface area contributed by atoms with Gasteiger partial charge >= 0.3 is 0 Å². The SMILES string of the molecule is CCCCNC(N)=NCCCCC(NC(=O)C(CO)NC(=O)C(Cc1cccnc1)NC(=O)C(Cc1ccc(Cl)cc1)NC(=O)C(Cc1ccc2ccccc2c1)NC(C)=O)C(=O)NC(Cc1cccnc1)C(=O)NC(CC(C)C)C(=O)NC(CCCCN=C(N)NCCCC)C(=O)N1CCCC1C(=O)NC(C)C(N)=O. The molecule has 1 saturated heterocycles. The van der Waals surface area contributed by atoms with E-state index in [9.17, 15) is 48.3 Å². The van der Waals surface area contributed by atoms with E-state index in [1.807, 2.05) is 70.2 Å². The lowest BCUT2D eigenvalue weighted by atomic mass is 9.99. The fourth-order valence-corrected chi connectivity index (χ4v) is 12.6. The van der Waals surface area contributed by atoms with E-state index >= 15 is 9.59 Å². The van der Waals surface area contributed by atoms with Crippen LogP contribution in [0.5, 0.6) is 0 Å². The summed E-state index contributed by atoms with van der Waals surface area (Å²) in [6.07, 6.45) is 11.2. The lowest BCUT2D eigenvalue weighted by Crippen LogP contribution is -2.61. The molecule has 5 aromatic rings. The Morgan fingerprint density at radius 1 is 0.514 bits per heavy atom. The van der Waals surface area contributed by atoms with Crippen LogP contribution in [0.2, 0.25) is 5.02 Å². The van der Waals surface area contributed by atoms with Crippen LogP contribution in [0.1, 0.15) is 147 Å². The third kappa shape index (κ3) is 31.2. The molecule has 0 spiro atoms. The summed E-state index contributed by atoms with van der Waals surface area (Å²) >= 11 is 6.26. The molecule has 0 bridgehead atoms. The number of pyridine rings is 2. The maximum atomic E-state index is 15.1. The molecule has 111 heavy (non-hydrogen) atoms. The van der Waals surface area contributed by atoms with Crippen LogP contribution < -0.4 is 75.7 Å². The number of nitrogens with two attached hydrogens (primary N) is 3. The molecule has 1 fully saturated rings. The second-order valence-electron chi connectivity index (χ2n) is 28.2. The Labute approximate surface area is 654 Å². The third-order valence-corrected chi connectivity index (χ3v) is 18.8. The molecule has 0 aliphatic carbocycles. The van der Waals surface area contributed by atoms with E-state index in [0.717, 1.165) is 42.0 Å². The summed E-state index contributed by atoms with van der Waals surface area (Å²) in [6.45, 7) is 11.3. The van der Waals surface area contributed by atoms with Crippen molar-refractivity contribution >= 4 is 99.3 Å². The smallest absolute Gasteiger partial charge is 0.245 e. The molecule has 0 radical (unpaired) electrons. The first kappa shape index (κ1) is 89.1. The molecule has 18 N–H and O–H groups in total. The topological polar surface area (TPSA) is 472 Å². The monoisotopic (exact) mass is 1550 g/mol. The number of nitrogens with zero attached hydrogens (tertiary/aromatic N) is 5. The van der Waals surface area contributed by atoms with Crippen LogP contribution in [0.4, 0.5) is 0 Å². The highest BCUT2D eigenvalue weighted by Gasteiger charge is 2.40. The number of guanidine groups is 2.